The van der Waals surface area contributed by atoms with Crippen molar-refractivity contribution >= 4 is 45.2 Å². The van der Waals surface area contributed by atoms with E-state index in [1.807, 2.05) is 54.6 Å². The molecule has 6 heteroatoms. The normalized spacial score (nSPS) is 11.4. The fourth-order valence-corrected chi connectivity index (χ4v) is 3.82. The Labute approximate surface area is 169 Å². The number of para-hydroxylation sites is 2. The lowest BCUT2D eigenvalue weighted by molar-refractivity contribution is 0.623. The van der Waals surface area contributed by atoms with Crippen LogP contribution < -0.4 is 5.56 Å². The number of aromatic nitrogens is 2. The van der Waals surface area contributed by atoms with E-state index in [0.717, 1.165) is 16.6 Å². The number of hydrogen-bond donors (Lipinski definition) is 0. The number of hydrogen-bond acceptors (Lipinski definition) is 3. The minimum Gasteiger partial charge on any atom is -0.435 e. The van der Waals surface area contributed by atoms with E-state index in [4.69, 9.17) is 27.6 Å². The lowest BCUT2D eigenvalue weighted by Gasteiger charge is -2.10. The molecule has 2 aromatic heterocycles. The number of rotatable bonds is 2. The van der Waals surface area contributed by atoms with Gasteiger partial charge in [0.25, 0.3) is 5.56 Å². The van der Waals surface area contributed by atoms with Gasteiger partial charge in [0.15, 0.2) is 11.1 Å². The molecule has 0 bridgehead atoms. The number of halogens is 2. The van der Waals surface area contributed by atoms with Crippen LogP contribution in [0, 0.1) is 0 Å². The van der Waals surface area contributed by atoms with Gasteiger partial charge in [-0.15, -0.1) is 0 Å². The van der Waals surface area contributed by atoms with Crippen LogP contribution >= 0.6 is 23.2 Å². The molecule has 0 unspecified atom stereocenters. The zero-order valence-electron chi connectivity index (χ0n) is 14.4. The summed E-state index contributed by atoms with van der Waals surface area (Å²) < 4.78 is 7.65. The molecular formula is C22H12Cl2N2O2. The maximum atomic E-state index is 13.3. The summed E-state index contributed by atoms with van der Waals surface area (Å²) in [5.41, 5.74) is 2.53. The van der Waals surface area contributed by atoms with Gasteiger partial charge in [-0.05, 0) is 42.5 Å². The predicted octanol–water partition coefficient (Wildman–Crippen LogP) is 6.11. The number of pyridine rings is 1. The Kier molecular flexibility index (Phi) is 3.97. The van der Waals surface area contributed by atoms with Gasteiger partial charge >= 0.3 is 0 Å². The molecule has 4 nitrogen and oxygen atoms in total. The second-order valence-electron chi connectivity index (χ2n) is 6.31. The van der Waals surface area contributed by atoms with Crippen LogP contribution in [0.3, 0.4) is 0 Å². The van der Waals surface area contributed by atoms with Crippen molar-refractivity contribution in [3.63, 3.8) is 0 Å². The topological polar surface area (TPSA) is 48.0 Å². The van der Waals surface area contributed by atoms with Crippen LogP contribution in [-0.2, 0) is 0 Å². The number of fused-ring (bicyclic) bond motifs is 3. The third-order valence-corrected chi connectivity index (χ3v) is 5.15. The van der Waals surface area contributed by atoms with Crippen LogP contribution in [-0.4, -0.2) is 9.55 Å². The second-order valence-corrected chi connectivity index (χ2v) is 7.16. The molecule has 0 atom stereocenters. The highest BCUT2D eigenvalue weighted by Crippen LogP contribution is 2.33. The van der Waals surface area contributed by atoms with Crippen LogP contribution in [0.15, 0.2) is 82.0 Å². The lowest BCUT2D eigenvalue weighted by Crippen LogP contribution is -2.19. The third-order valence-electron chi connectivity index (χ3n) is 4.60. The van der Waals surface area contributed by atoms with E-state index in [9.17, 15) is 4.79 Å². The molecule has 0 fully saturated rings. The molecule has 0 amide bonds. The van der Waals surface area contributed by atoms with Crippen molar-refractivity contribution in [1.82, 2.24) is 9.55 Å². The first-order valence-corrected chi connectivity index (χ1v) is 9.34. The van der Waals surface area contributed by atoms with Crippen LogP contribution in [0.1, 0.15) is 0 Å². The van der Waals surface area contributed by atoms with E-state index in [2.05, 4.69) is 4.98 Å². The highest BCUT2D eigenvalue weighted by molar-refractivity contribution is 6.36. The first-order valence-electron chi connectivity index (χ1n) is 8.58. The maximum absolute atomic E-state index is 13.3. The van der Waals surface area contributed by atoms with E-state index in [1.165, 1.54) is 0 Å². The number of benzene rings is 3. The average molecular weight is 407 g/mol. The quantitative estimate of drug-likeness (QED) is 0.355. The molecular weight excluding hydrogens is 395 g/mol. The Morgan fingerprint density at radius 3 is 2.43 bits per heavy atom. The zero-order valence-corrected chi connectivity index (χ0v) is 15.9. The van der Waals surface area contributed by atoms with Gasteiger partial charge in [0.2, 0.25) is 5.89 Å². The Hall–Kier alpha value is -3.08. The molecule has 0 aliphatic heterocycles. The van der Waals surface area contributed by atoms with Crippen molar-refractivity contribution in [2.75, 3.05) is 0 Å². The first kappa shape index (κ1) is 17.0. The summed E-state index contributed by atoms with van der Waals surface area (Å²) in [6, 6.07) is 22.1. The fourth-order valence-electron chi connectivity index (χ4n) is 3.34. The summed E-state index contributed by atoms with van der Waals surface area (Å²) in [7, 11) is 0. The monoisotopic (exact) mass is 406 g/mol. The summed E-state index contributed by atoms with van der Waals surface area (Å²) in [5, 5.41) is 1.72. The van der Waals surface area contributed by atoms with E-state index in [1.54, 1.807) is 22.8 Å². The summed E-state index contributed by atoms with van der Waals surface area (Å²) in [6.07, 6.45) is 0. The minimum absolute atomic E-state index is 0.250. The highest BCUT2D eigenvalue weighted by Gasteiger charge is 2.19. The molecule has 0 N–H and O–H groups in total. The van der Waals surface area contributed by atoms with E-state index < -0.39 is 0 Å². The largest absolute Gasteiger partial charge is 0.435 e. The molecule has 0 spiro atoms. The molecule has 5 aromatic rings. The second kappa shape index (κ2) is 6.51. The van der Waals surface area contributed by atoms with Gasteiger partial charge in [-0.3, -0.25) is 9.36 Å². The fraction of sp³-hybridized carbons (Fsp3) is 0. The number of oxazole rings is 1. The smallest absolute Gasteiger partial charge is 0.285 e. The molecule has 2 heterocycles. The van der Waals surface area contributed by atoms with Gasteiger partial charge in [-0.1, -0.05) is 53.5 Å². The molecule has 28 heavy (non-hydrogen) atoms. The van der Waals surface area contributed by atoms with Crippen molar-refractivity contribution in [1.29, 1.82) is 0 Å². The highest BCUT2D eigenvalue weighted by atomic mass is 35.5. The predicted molar refractivity (Wildman–Crippen MR) is 113 cm³/mol. The van der Waals surface area contributed by atoms with Gasteiger partial charge in [0, 0.05) is 16.1 Å². The van der Waals surface area contributed by atoms with Gasteiger partial charge in [-0.25, -0.2) is 4.98 Å². The van der Waals surface area contributed by atoms with Gasteiger partial charge in [0.05, 0.1) is 16.1 Å². The molecule has 3 aromatic carbocycles. The Morgan fingerprint density at radius 1 is 0.893 bits per heavy atom. The van der Waals surface area contributed by atoms with Crippen molar-refractivity contribution in [3.8, 4) is 17.1 Å². The van der Waals surface area contributed by atoms with Gasteiger partial charge in [0.1, 0.15) is 0 Å². The first-order chi connectivity index (χ1) is 13.6. The molecule has 0 aliphatic rings. The van der Waals surface area contributed by atoms with Crippen LogP contribution in [0.25, 0.3) is 39.1 Å². The van der Waals surface area contributed by atoms with Crippen molar-refractivity contribution in [2.24, 2.45) is 0 Å². The summed E-state index contributed by atoms with van der Waals surface area (Å²) in [5.74, 6) is 0.282. The van der Waals surface area contributed by atoms with Crippen LogP contribution in [0.2, 0.25) is 10.0 Å². The molecule has 0 aliphatic carbocycles. The molecule has 0 saturated carbocycles. The Morgan fingerprint density at radius 2 is 1.64 bits per heavy atom. The van der Waals surface area contributed by atoms with E-state index in [-0.39, 0.29) is 17.0 Å². The Bertz CT molecular complexity index is 1410. The maximum Gasteiger partial charge on any atom is 0.285 e. The van der Waals surface area contributed by atoms with Crippen molar-refractivity contribution in [3.05, 3.63) is 93.2 Å². The summed E-state index contributed by atoms with van der Waals surface area (Å²) in [4.78, 5) is 17.8. The van der Waals surface area contributed by atoms with Crippen LogP contribution in [0.4, 0.5) is 0 Å². The average Bonchev–Trinajstić information content (AvgIpc) is 3.15. The van der Waals surface area contributed by atoms with E-state index in [0.29, 0.717) is 21.2 Å². The van der Waals surface area contributed by atoms with E-state index >= 15 is 0 Å². The van der Waals surface area contributed by atoms with Crippen molar-refractivity contribution < 1.29 is 4.42 Å². The minimum atomic E-state index is -0.250. The SMILES string of the molecule is O=c1c2nc(-c3ccc(Cl)cc3Cl)oc2c2ccccc2n1-c1ccccc1. The summed E-state index contributed by atoms with van der Waals surface area (Å²) >= 11 is 12.3. The van der Waals surface area contributed by atoms with Gasteiger partial charge < -0.3 is 4.42 Å². The molecule has 5 rings (SSSR count). The third kappa shape index (κ3) is 2.61. The lowest BCUT2D eigenvalue weighted by atomic mass is 10.2. The van der Waals surface area contributed by atoms with Crippen molar-refractivity contribution in [2.45, 2.75) is 0 Å². The zero-order chi connectivity index (χ0) is 19.3. The van der Waals surface area contributed by atoms with Gasteiger partial charge in [-0.2, -0.15) is 0 Å². The standard InChI is InChI=1S/C22H12Cl2N2O2/c23-13-10-11-15(17(24)12-13)21-25-19-20(28-21)16-8-4-5-9-18(16)26(22(19)27)14-6-2-1-3-7-14/h1-12H. The van der Waals surface area contributed by atoms with Crippen LogP contribution in [0.5, 0.6) is 0 Å². The number of nitrogens with zero attached hydrogens (tertiary/aromatic N) is 2. The molecule has 136 valence electrons. The Balaban J connectivity index is 1.89. The molecule has 0 radical (unpaired) electrons. The molecule has 0 saturated heterocycles. The summed E-state index contributed by atoms with van der Waals surface area (Å²) in [6.45, 7) is 0.